The van der Waals surface area contributed by atoms with Crippen molar-refractivity contribution in [1.82, 2.24) is 4.98 Å². The molecule has 1 aromatic carbocycles. The number of nitrogens with two attached hydrogens (primary N) is 1. The van der Waals surface area contributed by atoms with Crippen LogP contribution in [0.5, 0.6) is 17.4 Å². The third-order valence-electron chi connectivity index (χ3n) is 2.69. The summed E-state index contributed by atoms with van der Waals surface area (Å²) < 4.78 is 11.4. The van der Waals surface area contributed by atoms with Gasteiger partial charge in [-0.25, -0.2) is 4.98 Å². The summed E-state index contributed by atoms with van der Waals surface area (Å²) in [5, 5.41) is 0. The zero-order valence-electron chi connectivity index (χ0n) is 12.3. The Morgan fingerprint density at radius 3 is 2.67 bits per heavy atom. The Bertz CT molecular complexity index is 654. The van der Waals surface area contributed by atoms with Gasteiger partial charge < -0.3 is 15.2 Å². The number of nitrogen functional groups attached to an aromatic ring is 1. The molecule has 0 saturated carbocycles. The molecular formula is C16H18N2O3. The van der Waals surface area contributed by atoms with Gasteiger partial charge in [0.1, 0.15) is 5.75 Å². The molecule has 0 atom stereocenters. The number of rotatable bonds is 5. The molecule has 0 fully saturated rings. The summed E-state index contributed by atoms with van der Waals surface area (Å²) in [6.45, 7) is 5.30. The van der Waals surface area contributed by atoms with E-state index in [1.807, 2.05) is 13.8 Å². The molecule has 0 unspecified atom stereocenters. The number of Topliss-reactive ketones (excluding diaryl/α,β-unsaturated/α-hetero) is 1. The first kappa shape index (κ1) is 14.8. The van der Waals surface area contributed by atoms with Gasteiger partial charge in [0.25, 0.3) is 5.88 Å². The van der Waals surface area contributed by atoms with Crippen LogP contribution in [-0.2, 0) is 0 Å². The highest BCUT2D eigenvalue weighted by Gasteiger charge is 2.14. The second-order valence-electron chi connectivity index (χ2n) is 4.89. The van der Waals surface area contributed by atoms with E-state index in [2.05, 4.69) is 4.98 Å². The van der Waals surface area contributed by atoms with Crippen LogP contribution in [0.25, 0.3) is 0 Å². The van der Waals surface area contributed by atoms with E-state index in [0.29, 0.717) is 28.6 Å². The van der Waals surface area contributed by atoms with Crippen LogP contribution in [0, 0.1) is 0 Å². The van der Waals surface area contributed by atoms with Gasteiger partial charge in [-0.15, -0.1) is 0 Å². The van der Waals surface area contributed by atoms with E-state index in [-0.39, 0.29) is 11.9 Å². The average Bonchev–Trinajstić information content (AvgIpc) is 2.42. The summed E-state index contributed by atoms with van der Waals surface area (Å²) in [4.78, 5) is 15.8. The molecule has 0 spiro atoms. The van der Waals surface area contributed by atoms with Crippen LogP contribution in [0.1, 0.15) is 31.1 Å². The number of ketones is 1. The van der Waals surface area contributed by atoms with E-state index in [9.17, 15) is 4.79 Å². The lowest BCUT2D eigenvalue weighted by molar-refractivity contribution is 0.101. The maximum atomic E-state index is 11.7. The molecule has 0 aliphatic heterocycles. The molecule has 0 aliphatic rings. The number of carbonyl (C=O) groups excluding carboxylic acids is 1. The smallest absolute Gasteiger partial charge is 0.262 e. The molecule has 5 nitrogen and oxygen atoms in total. The maximum absolute atomic E-state index is 11.7. The number of aromatic nitrogens is 1. The minimum Gasteiger partial charge on any atom is -0.485 e. The van der Waals surface area contributed by atoms with Gasteiger partial charge >= 0.3 is 0 Å². The minimum absolute atomic E-state index is 0.00440. The zero-order chi connectivity index (χ0) is 15.4. The molecule has 0 amide bonds. The molecule has 5 heteroatoms. The van der Waals surface area contributed by atoms with Gasteiger partial charge in [0, 0.05) is 11.9 Å². The Hall–Kier alpha value is -2.56. The SMILES string of the molecule is CC(=O)c1cc(N)ccc1Oc1ncccc1OC(C)C. The molecule has 2 aromatic rings. The Morgan fingerprint density at radius 1 is 1.24 bits per heavy atom. The number of anilines is 1. The molecule has 0 radical (unpaired) electrons. The first-order valence-electron chi connectivity index (χ1n) is 6.67. The van der Waals surface area contributed by atoms with E-state index < -0.39 is 0 Å². The largest absolute Gasteiger partial charge is 0.485 e. The molecule has 1 heterocycles. The van der Waals surface area contributed by atoms with Crippen molar-refractivity contribution in [2.24, 2.45) is 0 Å². The van der Waals surface area contributed by atoms with Gasteiger partial charge in [-0.2, -0.15) is 0 Å². The summed E-state index contributed by atoms with van der Waals surface area (Å²) in [5.74, 6) is 1.13. The van der Waals surface area contributed by atoms with E-state index in [1.54, 1.807) is 36.5 Å². The van der Waals surface area contributed by atoms with Gasteiger partial charge in [-0.05, 0) is 51.1 Å². The molecule has 0 saturated heterocycles. The second-order valence-corrected chi connectivity index (χ2v) is 4.89. The maximum Gasteiger partial charge on any atom is 0.262 e. The van der Waals surface area contributed by atoms with Crippen LogP contribution < -0.4 is 15.2 Å². The van der Waals surface area contributed by atoms with Crippen LogP contribution in [0.15, 0.2) is 36.5 Å². The summed E-state index contributed by atoms with van der Waals surface area (Å²) in [7, 11) is 0. The topological polar surface area (TPSA) is 74.4 Å². The van der Waals surface area contributed by atoms with Gasteiger partial charge in [0.05, 0.1) is 11.7 Å². The molecule has 1 aromatic heterocycles. The number of nitrogens with zero attached hydrogens (tertiary/aromatic N) is 1. The quantitative estimate of drug-likeness (QED) is 0.673. The number of pyridine rings is 1. The number of benzene rings is 1. The van der Waals surface area contributed by atoms with Crippen LogP contribution in [0.3, 0.4) is 0 Å². The highest BCUT2D eigenvalue weighted by molar-refractivity contribution is 5.97. The molecule has 0 aliphatic carbocycles. The van der Waals surface area contributed by atoms with Crippen molar-refractivity contribution in [1.29, 1.82) is 0 Å². The Labute approximate surface area is 123 Å². The van der Waals surface area contributed by atoms with Crippen LogP contribution >= 0.6 is 0 Å². The summed E-state index contributed by atoms with van der Waals surface area (Å²) in [6.07, 6.45) is 1.60. The molecular weight excluding hydrogens is 268 g/mol. The Kier molecular flexibility index (Phi) is 4.42. The monoisotopic (exact) mass is 286 g/mol. The number of carbonyl (C=O) groups is 1. The average molecular weight is 286 g/mol. The number of hydrogen-bond donors (Lipinski definition) is 1. The number of ether oxygens (including phenoxy) is 2. The van der Waals surface area contributed by atoms with Crippen molar-refractivity contribution in [3.8, 4) is 17.4 Å². The van der Waals surface area contributed by atoms with Gasteiger partial charge in [0.2, 0.25) is 0 Å². The third-order valence-corrected chi connectivity index (χ3v) is 2.69. The molecule has 2 rings (SSSR count). The van der Waals surface area contributed by atoms with Crippen molar-refractivity contribution in [2.75, 3.05) is 5.73 Å². The Morgan fingerprint density at radius 2 is 2.00 bits per heavy atom. The van der Waals surface area contributed by atoms with Crippen molar-refractivity contribution in [2.45, 2.75) is 26.9 Å². The highest BCUT2D eigenvalue weighted by Crippen LogP contribution is 2.32. The van der Waals surface area contributed by atoms with Crippen LogP contribution in [-0.4, -0.2) is 16.9 Å². The van der Waals surface area contributed by atoms with Gasteiger partial charge in [-0.3, -0.25) is 4.79 Å². The standard InChI is InChI=1S/C16H18N2O3/c1-10(2)20-15-5-4-8-18-16(15)21-14-7-6-12(17)9-13(14)11(3)19/h4-10H,17H2,1-3H3. The van der Waals surface area contributed by atoms with Gasteiger partial charge in [-0.1, -0.05) is 0 Å². The minimum atomic E-state index is -0.125. The fourth-order valence-electron chi connectivity index (χ4n) is 1.81. The third kappa shape index (κ3) is 3.72. The summed E-state index contributed by atoms with van der Waals surface area (Å²) in [5.41, 5.74) is 6.63. The predicted octanol–water partition coefficient (Wildman–Crippen LogP) is 3.45. The predicted molar refractivity (Wildman–Crippen MR) is 80.9 cm³/mol. The lowest BCUT2D eigenvalue weighted by Crippen LogP contribution is -2.07. The zero-order valence-corrected chi connectivity index (χ0v) is 12.3. The van der Waals surface area contributed by atoms with E-state index in [1.165, 1.54) is 6.92 Å². The summed E-state index contributed by atoms with van der Waals surface area (Å²) >= 11 is 0. The van der Waals surface area contributed by atoms with Crippen molar-refractivity contribution < 1.29 is 14.3 Å². The van der Waals surface area contributed by atoms with Crippen LogP contribution in [0.2, 0.25) is 0 Å². The fraction of sp³-hybridized carbons (Fsp3) is 0.250. The number of hydrogen-bond acceptors (Lipinski definition) is 5. The lowest BCUT2D eigenvalue weighted by atomic mass is 10.1. The van der Waals surface area contributed by atoms with E-state index in [0.717, 1.165) is 0 Å². The normalized spacial score (nSPS) is 10.5. The molecule has 2 N–H and O–H groups in total. The molecule has 110 valence electrons. The van der Waals surface area contributed by atoms with Crippen LogP contribution in [0.4, 0.5) is 5.69 Å². The van der Waals surface area contributed by atoms with Crippen molar-refractivity contribution in [3.63, 3.8) is 0 Å². The summed E-state index contributed by atoms with van der Waals surface area (Å²) in [6, 6.07) is 8.45. The fourth-order valence-corrected chi connectivity index (χ4v) is 1.81. The first-order chi connectivity index (χ1) is 9.97. The van der Waals surface area contributed by atoms with E-state index >= 15 is 0 Å². The van der Waals surface area contributed by atoms with E-state index in [4.69, 9.17) is 15.2 Å². The van der Waals surface area contributed by atoms with Crippen molar-refractivity contribution in [3.05, 3.63) is 42.1 Å². The van der Waals surface area contributed by atoms with Gasteiger partial charge in [0.15, 0.2) is 11.5 Å². The molecule has 21 heavy (non-hydrogen) atoms. The van der Waals surface area contributed by atoms with Crippen molar-refractivity contribution >= 4 is 11.5 Å². The highest BCUT2D eigenvalue weighted by atomic mass is 16.5. The lowest BCUT2D eigenvalue weighted by Gasteiger charge is -2.14. The second kappa shape index (κ2) is 6.26. The Balaban J connectivity index is 2.37. The molecule has 0 bridgehead atoms. The first-order valence-corrected chi connectivity index (χ1v) is 6.67.